The van der Waals surface area contributed by atoms with Gasteiger partial charge in [-0.15, -0.1) is 11.3 Å². The second-order valence-electron chi connectivity index (χ2n) is 4.82. The Hall–Kier alpha value is -1.69. The Morgan fingerprint density at radius 1 is 1.14 bits per heavy atom. The number of hydrogen-bond acceptors (Lipinski definition) is 4. The van der Waals surface area contributed by atoms with E-state index < -0.39 is 0 Å². The normalized spacial score (nSPS) is 10.6. The molecule has 0 atom stereocenters. The molecular formula is C17H15BrN2OS. The number of aliphatic hydroxyl groups is 1. The predicted molar refractivity (Wildman–Crippen MR) is 94.9 cm³/mol. The lowest BCUT2D eigenvalue weighted by Crippen LogP contribution is -2.02. The Bertz CT molecular complexity index is 773. The highest BCUT2D eigenvalue weighted by molar-refractivity contribution is 9.10. The minimum atomic E-state index is 0.0313. The summed E-state index contributed by atoms with van der Waals surface area (Å²) in [6.07, 6.45) is 0. The first-order valence-corrected chi connectivity index (χ1v) is 8.56. The molecule has 0 spiro atoms. The molecule has 2 aromatic carbocycles. The van der Waals surface area contributed by atoms with Crippen LogP contribution in [-0.4, -0.2) is 10.1 Å². The second-order valence-corrected chi connectivity index (χ2v) is 6.60. The minimum absolute atomic E-state index is 0.0313. The fraction of sp³-hybridized carbons (Fsp3) is 0.118. The Morgan fingerprint density at radius 3 is 2.82 bits per heavy atom. The van der Waals surface area contributed by atoms with E-state index in [9.17, 15) is 5.11 Å². The van der Waals surface area contributed by atoms with Gasteiger partial charge < -0.3 is 10.4 Å². The fourth-order valence-corrected chi connectivity index (χ4v) is 3.37. The molecular weight excluding hydrogens is 360 g/mol. The van der Waals surface area contributed by atoms with E-state index in [-0.39, 0.29) is 6.61 Å². The average molecular weight is 375 g/mol. The Balaban J connectivity index is 1.72. The number of anilines is 1. The Kier molecular flexibility index (Phi) is 4.87. The molecule has 0 amide bonds. The highest BCUT2D eigenvalue weighted by Crippen LogP contribution is 2.26. The molecule has 1 heterocycles. The van der Waals surface area contributed by atoms with Crippen molar-refractivity contribution in [2.75, 3.05) is 5.32 Å². The maximum Gasteiger partial charge on any atom is 0.123 e. The molecule has 3 aromatic rings. The number of aliphatic hydroxyl groups excluding tert-OH is 1. The van der Waals surface area contributed by atoms with Crippen LogP contribution in [0.3, 0.4) is 0 Å². The smallest absolute Gasteiger partial charge is 0.123 e. The molecule has 0 radical (unpaired) electrons. The largest absolute Gasteiger partial charge is 0.392 e. The molecule has 0 aliphatic rings. The lowest BCUT2D eigenvalue weighted by atomic mass is 10.2. The molecule has 112 valence electrons. The van der Waals surface area contributed by atoms with Gasteiger partial charge in [-0.05, 0) is 18.2 Å². The van der Waals surface area contributed by atoms with Crippen LogP contribution in [0.15, 0.2) is 58.4 Å². The van der Waals surface area contributed by atoms with E-state index in [0.717, 1.165) is 32.0 Å². The molecule has 3 rings (SSSR count). The van der Waals surface area contributed by atoms with E-state index in [0.29, 0.717) is 6.54 Å². The van der Waals surface area contributed by atoms with Crippen molar-refractivity contribution >= 4 is 33.0 Å². The van der Waals surface area contributed by atoms with Crippen LogP contribution < -0.4 is 5.32 Å². The zero-order valence-electron chi connectivity index (χ0n) is 11.8. The van der Waals surface area contributed by atoms with Gasteiger partial charge >= 0.3 is 0 Å². The van der Waals surface area contributed by atoms with Crippen molar-refractivity contribution in [2.24, 2.45) is 0 Å². The summed E-state index contributed by atoms with van der Waals surface area (Å²) in [5.41, 5.74) is 3.95. The van der Waals surface area contributed by atoms with Gasteiger partial charge in [-0.2, -0.15) is 0 Å². The molecule has 1 aromatic heterocycles. The number of rotatable bonds is 5. The number of aromatic nitrogens is 1. The molecule has 0 saturated heterocycles. The SMILES string of the molecule is OCc1ccccc1NCc1csc(-c2cccc(Br)c2)n1. The third-order valence-electron chi connectivity index (χ3n) is 3.27. The summed E-state index contributed by atoms with van der Waals surface area (Å²) >= 11 is 5.12. The summed E-state index contributed by atoms with van der Waals surface area (Å²) < 4.78 is 1.05. The van der Waals surface area contributed by atoms with Crippen LogP contribution in [0.5, 0.6) is 0 Å². The molecule has 3 nitrogen and oxygen atoms in total. The highest BCUT2D eigenvalue weighted by Gasteiger charge is 2.06. The summed E-state index contributed by atoms with van der Waals surface area (Å²) in [6.45, 7) is 0.672. The highest BCUT2D eigenvalue weighted by atomic mass is 79.9. The molecule has 0 aliphatic carbocycles. The fourth-order valence-electron chi connectivity index (χ4n) is 2.16. The summed E-state index contributed by atoms with van der Waals surface area (Å²) in [5.74, 6) is 0. The number of benzene rings is 2. The van der Waals surface area contributed by atoms with Crippen molar-refractivity contribution in [1.29, 1.82) is 0 Å². The zero-order valence-corrected chi connectivity index (χ0v) is 14.2. The van der Waals surface area contributed by atoms with Gasteiger partial charge in [0.05, 0.1) is 18.8 Å². The molecule has 0 bridgehead atoms. The van der Waals surface area contributed by atoms with Crippen molar-refractivity contribution in [3.63, 3.8) is 0 Å². The lowest BCUT2D eigenvalue weighted by Gasteiger charge is -2.08. The first kappa shape index (κ1) is 15.2. The van der Waals surface area contributed by atoms with Gasteiger partial charge in [0, 0.05) is 26.7 Å². The van der Waals surface area contributed by atoms with Crippen molar-refractivity contribution in [2.45, 2.75) is 13.2 Å². The van der Waals surface area contributed by atoms with Crippen LogP contribution in [0.25, 0.3) is 10.6 Å². The topological polar surface area (TPSA) is 45.1 Å². The van der Waals surface area contributed by atoms with Gasteiger partial charge in [-0.1, -0.05) is 46.3 Å². The molecule has 0 unspecified atom stereocenters. The minimum Gasteiger partial charge on any atom is -0.392 e. The third kappa shape index (κ3) is 3.55. The van der Waals surface area contributed by atoms with Crippen molar-refractivity contribution < 1.29 is 5.11 Å². The average Bonchev–Trinajstić information content (AvgIpc) is 3.02. The van der Waals surface area contributed by atoms with Gasteiger partial charge in [-0.3, -0.25) is 0 Å². The number of halogens is 1. The van der Waals surface area contributed by atoms with Crippen LogP contribution in [0.1, 0.15) is 11.3 Å². The summed E-state index contributed by atoms with van der Waals surface area (Å²) in [7, 11) is 0. The van der Waals surface area contributed by atoms with E-state index in [4.69, 9.17) is 0 Å². The first-order valence-electron chi connectivity index (χ1n) is 6.89. The van der Waals surface area contributed by atoms with E-state index in [1.165, 1.54) is 0 Å². The predicted octanol–water partition coefficient (Wildman–Crippen LogP) is 4.68. The monoisotopic (exact) mass is 374 g/mol. The van der Waals surface area contributed by atoms with Crippen molar-refractivity contribution in [1.82, 2.24) is 4.98 Å². The molecule has 0 fully saturated rings. The van der Waals surface area contributed by atoms with E-state index in [1.807, 2.05) is 36.4 Å². The van der Waals surface area contributed by atoms with Crippen LogP contribution in [-0.2, 0) is 13.2 Å². The lowest BCUT2D eigenvalue weighted by molar-refractivity contribution is 0.282. The Morgan fingerprint density at radius 2 is 2.00 bits per heavy atom. The van der Waals surface area contributed by atoms with Crippen LogP contribution in [0.4, 0.5) is 5.69 Å². The number of nitrogens with zero attached hydrogens (tertiary/aromatic N) is 1. The number of thiazole rings is 1. The summed E-state index contributed by atoms with van der Waals surface area (Å²) in [6, 6.07) is 15.9. The molecule has 0 aliphatic heterocycles. The molecule has 0 saturated carbocycles. The van der Waals surface area contributed by atoms with Crippen LogP contribution in [0.2, 0.25) is 0 Å². The molecule has 5 heteroatoms. The quantitative estimate of drug-likeness (QED) is 0.681. The van der Waals surface area contributed by atoms with E-state index in [1.54, 1.807) is 11.3 Å². The van der Waals surface area contributed by atoms with Gasteiger partial charge in [0.2, 0.25) is 0 Å². The maximum absolute atomic E-state index is 9.34. The van der Waals surface area contributed by atoms with Crippen LogP contribution in [0, 0.1) is 0 Å². The van der Waals surface area contributed by atoms with Crippen molar-refractivity contribution in [3.8, 4) is 10.6 Å². The molecule has 22 heavy (non-hydrogen) atoms. The van der Waals surface area contributed by atoms with Gasteiger partial charge in [0.1, 0.15) is 5.01 Å². The second kappa shape index (κ2) is 7.05. The third-order valence-corrected chi connectivity index (χ3v) is 4.70. The maximum atomic E-state index is 9.34. The van der Waals surface area contributed by atoms with Crippen LogP contribution >= 0.6 is 27.3 Å². The van der Waals surface area contributed by atoms with Gasteiger partial charge in [-0.25, -0.2) is 4.98 Å². The standard InChI is InChI=1S/C17H15BrN2OS/c18-14-6-3-5-12(8-14)17-20-15(11-22-17)9-19-16-7-2-1-4-13(16)10-21/h1-8,11,19,21H,9-10H2. The number of para-hydroxylation sites is 1. The van der Waals surface area contributed by atoms with Gasteiger partial charge in [0.25, 0.3) is 0 Å². The van der Waals surface area contributed by atoms with E-state index in [2.05, 4.69) is 43.7 Å². The summed E-state index contributed by atoms with van der Waals surface area (Å²) in [5, 5.41) is 15.7. The van der Waals surface area contributed by atoms with E-state index >= 15 is 0 Å². The first-order chi connectivity index (χ1) is 10.8. The van der Waals surface area contributed by atoms with Gasteiger partial charge in [0.15, 0.2) is 0 Å². The number of hydrogen-bond donors (Lipinski definition) is 2. The molecule has 2 N–H and O–H groups in total. The Labute approximate surface area is 141 Å². The van der Waals surface area contributed by atoms with Crippen molar-refractivity contribution in [3.05, 3.63) is 69.6 Å². The number of nitrogens with one attached hydrogen (secondary N) is 1. The summed E-state index contributed by atoms with van der Waals surface area (Å²) in [4.78, 5) is 4.66. The zero-order chi connectivity index (χ0) is 15.4.